The van der Waals surface area contributed by atoms with Gasteiger partial charge in [0.15, 0.2) is 5.78 Å². The lowest BCUT2D eigenvalue weighted by molar-refractivity contribution is 0.104. The number of urea groups is 1. The largest absolute Gasteiger partial charge is 0.336 e. The fourth-order valence-corrected chi connectivity index (χ4v) is 2.02. The third-order valence-corrected chi connectivity index (χ3v) is 3.17. The number of benzene rings is 2. The summed E-state index contributed by atoms with van der Waals surface area (Å²) in [5, 5.41) is 5.38. The Bertz CT molecular complexity index is 752. The van der Waals surface area contributed by atoms with Crippen molar-refractivity contribution >= 4 is 23.6 Å². The van der Waals surface area contributed by atoms with Crippen molar-refractivity contribution in [3.05, 3.63) is 71.6 Å². The summed E-state index contributed by atoms with van der Waals surface area (Å²) in [6.45, 7) is 3.73. The zero-order valence-electron chi connectivity index (χ0n) is 13.5. The minimum atomic E-state index is -0.378. The number of allylic oxidation sites excluding steroid dienone is 1. The molecule has 2 aromatic carbocycles. The van der Waals surface area contributed by atoms with Gasteiger partial charge in [-0.3, -0.25) is 4.79 Å². The standard InChI is InChI=1S/C19H19FN2O2/c1-13(2)21-19(24)22-16-10-7-15(8-11-16)18(23)12-9-14-5-3-4-6-17(14)20/h3-13H,1-2H3,(H2,21,22,24). The van der Waals surface area contributed by atoms with Crippen LogP contribution >= 0.6 is 0 Å². The molecule has 0 bridgehead atoms. The van der Waals surface area contributed by atoms with E-state index in [4.69, 9.17) is 0 Å². The van der Waals surface area contributed by atoms with Crippen molar-refractivity contribution in [2.24, 2.45) is 0 Å². The van der Waals surface area contributed by atoms with Gasteiger partial charge in [0.05, 0.1) is 0 Å². The molecule has 0 unspecified atom stereocenters. The van der Waals surface area contributed by atoms with Gasteiger partial charge in [0.2, 0.25) is 0 Å². The average Bonchev–Trinajstić information content (AvgIpc) is 2.53. The molecule has 2 amide bonds. The number of carbonyl (C=O) groups is 2. The average molecular weight is 326 g/mol. The van der Waals surface area contributed by atoms with Crippen LogP contribution in [0.1, 0.15) is 29.8 Å². The number of hydrogen-bond donors (Lipinski definition) is 2. The number of hydrogen-bond acceptors (Lipinski definition) is 2. The van der Waals surface area contributed by atoms with Crippen molar-refractivity contribution in [1.82, 2.24) is 5.32 Å². The van der Waals surface area contributed by atoms with E-state index < -0.39 is 0 Å². The molecule has 4 nitrogen and oxygen atoms in total. The molecule has 2 rings (SSSR count). The molecule has 0 fully saturated rings. The number of amides is 2. The highest BCUT2D eigenvalue weighted by atomic mass is 19.1. The predicted octanol–water partition coefficient (Wildman–Crippen LogP) is 4.25. The maximum absolute atomic E-state index is 13.5. The van der Waals surface area contributed by atoms with Gasteiger partial charge in [-0.25, -0.2) is 9.18 Å². The second-order valence-electron chi connectivity index (χ2n) is 5.55. The van der Waals surface area contributed by atoms with Crippen LogP contribution in [0.4, 0.5) is 14.9 Å². The van der Waals surface area contributed by atoms with Crippen LogP contribution in [0.3, 0.4) is 0 Å². The van der Waals surface area contributed by atoms with E-state index in [0.717, 1.165) is 0 Å². The highest BCUT2D eigenvalue weighted by molar-refractivity contribution is 6.07. The molecular weight excluding hydrogens is 307 g/mol. The SMILES string of the molecule is CC(C)NC(=O)Nc1ccc(C(=O)C=Cc2ccccc2F)cc1. The van der Waals surface area contributed by atoms with Gasteiger partial charge >= 0.3 is 6.03 Å². The number of rotatable bonds is 5. The minimum absolute atomic E-state index is 0.0365. The van der Waals surface area contributed by atoms with Gasteiger partial charge in [-0.05, 0) is 56.3 Å². The van der Waals surface area contributed by atoms with Gasteiger partial charge in [-0.15, -0.1) is 0 Å². The van der Waals surface area contributed by atoms with Crippen molar-refractivity contribution in [3.63, 3.8) is 0 Å². The lowest BCUT2D eigenvalue weighted by atomic mass is 10.1. The van der Waals surface area contributed by atoms with Gasteiger partial charge in [-0.2, -0.15) is 0 Å². The summed E-state index contributed by atoms with van der Waals surface area (Å²) in [7, 11) is 0. The fraction of sp³-hybridized carbons (Fsp3) is 0.158. The third-order valence-electron chi connectivity index (χ3n) is 3.17. The van der Waals surface area contributed by atoms with Gasteiger partial charge in [0.25, 0.3) is 0 Å². The summed E-state index contributed by atoms with van der Waals surface area (Å²) in [5.41, 5.74) is 1.40. The van der Waals surface area contributed by atoms with E-state index in [-0.39, 0.29) is 23.7 Å². The second-order valence-corrected chi connectivity index (χ2v) is 5.55. The van der Waals surface area contributed by atoms with Crippen molar-refractivity contribution < 1.29 is 14.0 Å². The van der Waals surface area contributed by atoms with Gasteiger partial charge in [-0.1, -0.05) is 18.2 Å². The number of anilines is 1. The number of nitrogens with one attached hydrogen (secondary N) is 2. The molecule has 0 saturated heterocycles. The molecule has 0 atom stereocenters. The van der Waals surface area contributed by atoms with E-state index in [1.165, 1.54) is 18.2 Å². The zero-order chi connectivity index (χ0) is 17.5. The Morgan fingerprint density at radius 2 is 1.71 bits per heavy atom. The van der Waals surface area contributed by atoms with E-state index in [0.29, 0.717) is 16.8 Å². The molecule has 0 radical (unpaired) electrons. The van der Waals surface area contributed by atoms with Crippen molar-refractivity contribution in [3.8, 4) is 0 Å². The third kappa shape index (κ3) is 5.05. The van der Waals surface area contributed by atoms with Crippen LogP contribution in [0.5, 0.6) is 0 Å². The lowest BCUT2D eigenvalue weighted by Crippen LogP contribution is -2.34. The first kappa shape index (κ1) is 17.4. The van der Waals surface area contributed by atoms with Gasteiger partial charge < -0.3 is 10.6 Å². The number of carbonyl (C=O) groups excluding carboxylic acids is 2. The molecular formula is C19H19FN2O2. The molecule has 0 heterocycles. The predicted molar refractivity (Wildman–Crippen MR) is 93.5 cm³/mol. The fourth-order valence-electron chi connectivity index (χ4n) is 2.02. The molecule has 5 heteroatoms. The first-order chi connectivity index (χ1) is 11.5. The quantitative estimate of drug-likeness (QED) is 0.637. The van der Waals surface area contributed by atoms with Gasteiger partial charge in [0, 0.05) is 22.9 Å². The Labute approximate surface area is 140 Å². The van der Waals surface area contributed by atoms with Crippen LogP contribution in [0.2, 0.25) is 0 Å². The number of ketones is 1. The molecule has 0 saturated carbocycles. The van der Waals surface area contributed by atoms with Crippen molar-refractivity contribution in [2.75, 3.05) is 5.32 Å². The molecule has 124 valence electrons. The molecule has 0 aromatic heterocycles. The van der Waals surface area contributed by atoms with Crippen molar-refractivity contribution in [2.45, 2.75) is 19.9 Å². The Balaban J connectivity index is 2.01. The molecule has 2 aromatic rings. The van der Waals surface area contributed by atoms with E-state index in [1.54, 1.807) is 42.5 Å². The zero-order valence-corrected chi connectivity index (χ0v) is 13.5. The maximum Gasteiger partial charge on any atom is 0.319 e. The molecule has 0 aliphatic rings. The molecule has 0 aliphatic heterocycles. The minimum Gasteiger partial charge on any atom is -0.336 e. The second kappa shape index (κ2) is 8.06. The van der Waals surface area contributed by atoms with Crippen LogP contribution in [-0.4, -0.2) is 17.9 Å². The molecule has 2 N–H and O–H groups in total. The van der Waals surface area contributed by atoms with E-state index >= 15 is 0 Å². The van der Waals surface area contributed by atoms with E-state index in [9.17, 15) is 14.0 Å². The molecule has 0 spiro atoms. The Morgan fingerprint density at radius 1 is 1.04 bits per heavy atom. The first-order valence-electron chi connectivity index (χ1n) is 7.60. The summed E-state index contributed by atoms with van der Waals surface area (Å²) in [6.07, 6.45) is 2.77. The molecule has 24 heavy (non-hydrogen) atoms. The lowest BCUT2D eigenvalue weighted by Gasteiger charge is -2.10. The van der Waals surface area contributed by atoms with E-state index in [2.05, 4.69) is 10.6 Å². The summed E-state index contributed by atoms with van der Waals surface area (Å²) in [6, 6.07) is 12.5. The number of halogens is 1. The topological polar surface area (TPSA) is 58.2 Å². The van der Waals surface area contributed by atoms with Crippen LogP contribution in [0.25, 0.3) is 6.08 Å². The summed E-state index contributed by atoms with van der Waals surface area (Å²) >= 11 is 0. The highest BCUT2D eigenvalue weighted by Gasteiger charge is 2.06. The summed E-state index contributed by atoms with van der Waals surface area (Å²) in [5.74, 6) is -0.617. The van der Waals surface area contributed by atoms with Crippen LogP contribution in [0.15, 0.2) is 54.6 Å². The van der Waals surface area contributed by atoms with E-state index in [1.807, 2.05) is 13.8 Å². The Hall–Kier alpha value is -2.95. The van der Waals surface area contributed by atoms with Crippen LogP contribution in [-0.2, 0) is 0 Å². The Kier molecular flexibility index (Phi) is 5.84. The normalized spacial score (nSPS) is 10.8. The molecule has 0 aliphatic carbocycles. The Morgan fingerprint density at radius 3 is 2.33 bits per heavy atom. The summed E-state index contributed by atoms with van der Waals surface area (Å²) in [4.78, 5) is 23.7. The monoisotopic (exact) mass is 326 g/mol. The van der Waals surface area contributed by atoms with Crippen LogP contribution in [0, 0.1) is 5.82 Å². The highest BCUT2D eigenvalue weighted by Crippen LogP contribution is 2.12. The van der Waals surface area contributed by atoms with Crippen LogP contribution < -0.4 is 10.6 Å². The summed E-state index contributed by atoms with van der Waals surface area (Å²) < 4.78 is 13.5. The maximum atomic E-state index is 13.5. The smallest absolute Gasteiger partial charge is 0.319 e. The first-order valence-corrected chi connectivity index (χ1v) is 7.60. The van der Waals surface area contributed by atoms with Gasteiger partial charge in [0.1, 0.15) is 5.82 Å². The van der Waals surface area contributed by atoms with Crippen molar-refractivity contribution in [1.29, 1.82) is 0 Å².